The molecule has 0 saturated heterocycles. The molecule has 6 nitrogen and oxygen atoms in total. The van der Waals surface area contributed by atoms with Gasteiger partial charge in [-0.1, -0.05) is 90.2 Å². The van der Waals surface area contributed by atoms with Crippen LogP contribution in [0.5, 0.6) is 16.7 Å². The number of hydrogen-bond acceptors (Lipinski definition) is 7. The van der Waals surface area contributed by atoms with Crippen LogP contribution in [0.25, 0.3) is 10.2 Å². The van der Waals surface area contributed by atoms with Gasteiger partial charge >= 0.3 is 0 Å². The summed E-state index contributed by atoms with van der Waals surface area (Å²) in [5.74, 6) is 1.57. The van der Waals surface area contributed by atoms with Gasteiger partial charge in [-0.15, -0.1) is 0 Å². The van der Waals surface area contributed by atoms with E-state index >= 15 is 0 Å². The zero-order valence-electron chi connectivity index (χ0n) is 28.9. The van der Waals surface area contributed by atoms with Crippen molar-refractivity contribution in [1.82, 2.24) is 9.88 Å². The number of thiazole rings is 1. The SMILES string of the molecule is CC(C)Oc1nc2c(OC(C)(C)C)ccc(C(C=O)N(CCc3ccc(OCCCCc4ccccc4)cc3)Cc3ccccc3)c2s1. The largest absolute Gasteiger partial charge is 0.494 e. The second kappa shape index (κ2) is 16.8. The molecule has 5 aromatic rings. The highest BCUT2D eigenvalue weighted by Gasteiger charge is 2.27. The quantitative estimate of drug-likeness (QED) is 0.0729. The van der Waals surface area contributed by atoms with E-state index in [1.54, 1.807) is 0 Å². The monoisotopic (exact) mass is 664 g/mol. The Kier molecular flexibility index (Phi) is 12.3. The minimum atomic E-state index is -0.484. The number of ether oxygens (including phenoxy) is 3. The van der Waals surface area contributed by atoms with E-state index in [1.807, 2.05) is 65.0 Å². The normalized spacial score (nSPS) is 12.4. The molecule has 0 radical (unpaired) electrons. The number of benzene rings is 4. The predicted molar refractivity (Wildman–Crippen MR) is 196 cm³/mol. The van der Waals surface area contributed by atoms with Crippen molar-refractivity contribution in [2.45, 2.75) is 84.6 Å². The fourth-order valence-corrected chi connectivity index (χ4v) is 6.76. The number of hydrogen-bond donors (Lipinski definition) is 0. The van der Waals surface area contributed by atoms with Gasteiger partial charge in [0.15, 0.2) is 0 Å². The lowest BCUT2D eigenvalue weighted by atomic mass is 10.0. The molecule has 0 bridgehead atoms. The molecule has 4 aromatic carbocycles. The number of fused-ring (bicyclic) bond motifs is 1. The molecular weight excluding hydrogens is 617 g/mol. The fourth-order valence-electron chi connectivity index (χ4n) is 5.66. The van der Waals surface area contributed by atoms with Gasteiger partial charge in [0.1, 0.15) is 28.9 Å². The van der Waals surface area contributed by atoms with Gasteiger partial charge in [0.2, 0.25) is 0 Å². The molecule has 7 heteroatoms. The van der Waals surface area contributed by atoms with Gasteiger partial charge in [0.25, 0.3) is 5.19 Å². The molecule has 0 spiro atoms. The van der Waals surface area contributed by atoms with E-state index in [0.29, 0.717) is 30.6 Å². The summed E-state index contributed by atoms with van der Waals surface area (Å²) in [6, 6.07) is 32.7. The van der Waals surface area contributed by atoms with Crippen LogP contribution >= 0.6 is 11.3 Å². The van der Waals surface area contributed by atoms with Gasteiger partial charge in [-0.2, -0.15) is 4.98 Å². The van der Waals surface area contributed by atoms with Crippen LogP contribution in [0.2, 0.25) is 0 Å². The molecule has 1 aromatic heterocycles. The van der Waals surface area contributed by atoms with E-state index in [2.05, 4.69) is 71.6 Å². The number of carbonyl (C=O) groups excluding carboxylic acids is 1. The average molecular weight is 665 g/mol. The van der Waals surface area contributed by atoms with Gasteiger partial charge < -0.3 is 19.0 Å². The topological polar surface area (TPSA) is 60.9 Å². The van der Waals surface area contributed by atoms with Gasteiger partial charge in [-0.3, -0.25) is 4.90 Å². The summed E-state index contributed by atoms with van der Waals surface area (Å²) < 4.78 is 19.3. The molecule has 0 aliphatic heterocycles. The Morgan fingerprint density at radius 3 is 2.12 bits per heavy atom. The lowest BCUT2D eigenvalue weighted by Crippen LogP contribution is -2.31. The Labute approximate surface area is 289 Å². The highest BCUT2D eigenvalue weighted by molar-refractivity contribution is 7.20. The molecule has 1 unspecified atom stereocenters. The fraction of sp³-hybridized carbons (Fsp3) is 0.366. The molecule has 0 amide bonds. The molecule has 0 N–H and O–H groups in total. The summed E-state index contributed by atoms with van der Waals surface area (Å²) in [7, 11) is 0. The number of rotatable bonds is 17. The van der Waals surface area contributed by atoms with Crippen LogP contribution in [0, 0.1) is 0 Å². The number of aromatic nitrogens is 1. The van der Waals surface area contributed by atoms with Crippen LogP contribution < -0.4 is 14.2 Å². The zero-order chi connectivity index (χ0) is 33.9. The Balaban J connectivity index is 1.31. The second-order valence-electron chi connectivity index (χ2n) is 13.4. The van der Waals surface area contributed by atoms with Crippen molar-refractivity contribution in [3.05, 3.63) is 119 Å². The third-order valence-electron chi connectivity index (χ3n) is 7.92. The van der Waals surface area contributed by atoms with Crippen molar-refractivity contribution < 1.29 is 19.0 Å². The van der Waals surface area contributed by atoms with Crippen molar-refractivity contribution in [3.63, 3.8) is 0 Å². The lowest BCUT2D eigenvalue weighted by Gasteiger charge is -2.29. The van der Waals surface area contributed by atoms with Crippen LogP contribution in [-0.2, 0) is 24.2 Å². The van der Waals surface area contributed by atoms with E-state index < -0.39 is 11.6 Å². The van der Waals surface area contributed by atoms with Gasteiger partial charge in [-0.05, 0) is 101 Å². The number of unbranched alkanes of at least 4 members (excludes halogenated alkanes) is 1. The van der Waals surface area contributed by atoms with E-state index in [4.69, 9.17) is 19.2 Å². The predicted octanol–water partition coefficient (Wildman–Crippen LogP) is 9.65. The first kappa shape index (κ1) is 35.1. The maximum absolute atomic E-state index is 13.0. The first-order chi connectivity index (χ1) is 23.2. The first-order valence-electron chi connectivity index (χ1n) is 17.0. The smallest absolute Gasteiger partial charge is 0.274 e. The Morgan fingerprint density at radius 2 is 1.48 bits per heavy atom. The Bertz CT molecular complexity index is 1710. The molecule has 0 aliphatic carbocycles. The molecule has 5 rings (SSSR count). The molecule has 0 aliphatic rings. The van der Waals surface area contributed by atoms with Crippen LogP contribution in [0.3, 0.4) is 0 Å². The van der Waals surface area contributed by atoms with Crippen molar-refractivity contribution in [2.75, 3.05) is 13.2 Å². The molecule has 252 valence electrons. The number of nitrogens with zero attached hydrogens (tertiary/aromatic N) is 2. The van der Waals surface area contributed by atoms with Crippen LogP contribution in [0.1, 0.15) is 75.8 Å². The van der Waals surface area contributed by atoms with Crippen LogP contribution in [0.4, 0.5) is 0 Å². The molecule has 0 saturated carbocycles. The van der Waals surface area contributed by atoms with E-state index in [-0.39, 0.29) is 6.10 Å². The first-order valence-corrected chi connectivity index (χ1v) is 17.8. The van der Waals surface area contributed by atoms with Crippen LogP contribution in [0.15, 0.2) is 97.1 Å². The van der Waals surface area contributed by atoms with Gasteiger partial charge in [-0.25, -0.2) is 0 Å². The van der Waals surface area contributed by atoms with E-state index in [9.17, 15) is 4.79 Å². The number of carbonyl (C=O) groups is 1. The summed E-state index contributed by atoms with van der Waals surface area (Å²) in [6.07, 6.45) is 5.00. The minimum Gasteiger partial charge on any atom is -0.494 e. The molecule has 1 heterocycles. The molecule has 0 fully saturated rings. The lowest BCUT2D eigenvalue weighted by molar-refractivity contribution is -0.112. The average Bonchev–Trinajstić information content (AvgIpc) is 3.49. The Morgan fingerprint density at radius 1 is 0.812 bits per heavy atom. The van der Waals surface area contributed by atoms with Crippen molar-refractivity contribution in [1.29, 1.82) is 0 Å². The third kappa shape index (κ3) is 10.1. The second-order valence-corrected chi connectivity index (χ2v) is 14.4. The molecule has 48 heavy (non-hydrogen) atoms. The number of aryl methyl sites for hydroxylation is 1. The summed E-state index contributed by atoms with van der Waals surface area (Å²) in [6.45, 7) is 12.1. The highest BCUT2D eigenvalue weighted by Crippen LogP contribution is 2.41. The van der Waals surface area contributed by atoms with Crippen molar-refractivity contribution in [2.24, 2.45) is 0 Å². The Hall–Kier alpha value is -4.20. The van der Waals surface area contributed by atoms with Crippen LogP contribution in [-0.4, -0.2) is 41.0 Å². The van der Waals surface area contributed by atoms with Gasteiger partial charge in [0.05, 0.1) is 23.5 Å². The maximum Gasteiger partial charge on any atom is 0.274 e. The standard InChI is InChI=1S/C41H48N2O4S/c1-30(2)46-40-42-38-37(47-41(3,4)5)24-23-35(39(38)48-40)36(29-44)43(28-33-17-10-7-11-18-33)26-25-32-19-21-34(22-20-32)45-27-13-12-16-31-14-8-6-9-15-31/h6-11,14-15,17-24,29-30,36H,12-13,16,25-28H2,1-5H3. The summed E-state index contributed by atoms with van der Waals surface area (Å²) in [5.41, 5.74) is 4.95. The number of aldehydes is 1. The summed E-state index contributed by atoms with van der Waals surface area (Å²) in [4.78, 5) is 20.1. The zero-order valence-corrected chi connectivity index (χ0v) is 29.7. The van der Waals surface area contributed by atoms with E-state index in [0.717, 1.165) is 59.1 Å². The van der Waals surface area contributed by atoms with Gasteiger partial charge in [0, 0.05) is 13.1 Å². The van der Waals surface area contributed by atoms with E-state index in [1.165, 1.54) is 22.5 Å². The molecular formula is C41H48N2O4S. The summed E-state index contributed by atoms with van der Waals surface area (Å²) >= 11 is 1.47. The molecule has 1 atom stereocenters. The highest BCUT2D eigenvalue weighted by atomic mass is 32.1. The van der Waals surface area contributed by atoms with Crippen molar-refractivity contribution >= 4 is 27.8 Å². The summed E-state index contributed by atoms with van der Waals surface area (Å²) in [5, 5.41) is 0.573. The van der Waals surface area contributed by atoms with Crippen molar-refractivity contribution in [3.8, 4) is 16.7 Å². The third-order valence-corrected chi connectivity index (χ3v) is 8.92. The maximum atomic E-state index is 13.0. The minimum absolute atomic E-state index is 0.0196.